The number of nitrogens with one attached hydrogen (secondary N) is 1. The van der Waals surface area contributed by atoms with Gasteiger partial charge in [0.25, 0.3) is 0 Å². The molecule has 0 spiro atoms. The monoisotopic (exact) mass is 536 g/mol. The number of alkyl halides is 3. The number of nitrogens with zero attached hydrogens (tertiary/aromatic N) is 1. The zero-order chi connectivity index (χ0) is 27.3. The first kappa shape index (κ1) is 27.7. The fourth-order valence-corrected chi connectivity index (χ4v) is 4.99. The molecule has 2 heterocycles. The Bertz CT molecular complexity index is 1120. The summed E-state index contributed by atoms with van der Waals surface area (Å²) in [5.74, 6) is -0.627. The summed E-state index contributed by atoms with van der Waals surface area (Å²) >= 11 is 0. The van der Waals surface area contributed by atoms with Crippen LogP contribution in [-0.4, -0.2) is 68.2 Å². The highest BCUT2D eigenvalue weighted by molar-refractivity contribution is 5.89. The number of rotatable bonds is 8. The molecule has 2 aliphatic rings. The first-order chi connectivity index (χ1) is 18.1. The lowest BCUT2D eigenvalue weighted by molar-refractivity contribution is -0.274. The van der Waals surface area contributed by atoms with Crippen LogP contribution in [0.1, 0.15) is 48.1 Å². The lowest BCUT2D eigenvalue weighted by Gasteiger charge is -2.43. The lowest BCUT2D eigenvalue weighted by Crippen LogP contribution is -2.61. The van der Waals surface area contributed by atoms with Crippen LogP contribution < -0.4 is 14.8 Å². The first-order valence-corrected chi connectivity index (χ1v) is 12.4. The maximum Gasteiger partial charge on any atom is 0.573 e. The van der Waals surface area contributed by atoms with Crippen molar-refractivity contribution in [1.29, 1.82) is 0 Å². The molecule has 0 aromatic heterocycles. The van der Waals surface area contributed by atoms with Crippen LogP contribution in [-0.2, 0) is 14.3 Å². The summed E-state index contributed by atoms with van der Waals surface area (Å²) in [4.78, 5) is 27.5. The van der Waals surface area contributed by atoms with E-state index in [1.165, 1.54) is 25.3 Å². The maximum absolute atomic E-state index is 13.7. The second-order valence-corrected chi connectivity index (χ2v) is 9.45. The molecular formula is C27H31F3N2O6. The average molecular weight is 537 g/mol. The number of methoxy groups -OCH3 is 1. The molecule has 2 atom stereocenters. The maximum atomic E-state index is 13.7. The molecule has 0 bridgehead atoms. The molecule has 38 heavy (non-hydrogen) atoms. The van der Waals surface area contributed by atoms with Gasteiger partial charge in [0.15, 0.2) is 0 Å². The van der Waals surface area contributed by atoms with Crippen LogP contribution in [0.5, 0.6) is 11.5 Å². The number of hydrogen-bond donors (Lipinski definition) is 1. The molecule has 11 heteroatoms. The number of likely N-dealkylation sites (tertiary alicyclic amines) is 1. The van der Waals surface area contributed by atoms with Gasteiger partial charge in [-0.3, -0.25) is 9.69 Å². The van der Waals surface area contributed by atoms with E-state index in [0.29, 0.717) is 51.1 Å². The highest BCUT2D eigenvalue weighted by Crippen LogP contribution is 2.34. The van der Waals surface area contributed by atoms with Gasteiger partial charge in [0, 0.05) is 32.4 Å². The van der Waals surface area contributed by atoms with E-state index in [4.69, 9.17) is 14.2 Å². The van der Waals surface area contributed by atoms with Gasteiger partial charge < -0.3 is 24.3 Å². The molecule has 4 rings (SSSR count). The quantitative estimate of drug-likeness (QED) is 0.505. The zero-order valence-electron chi connectivity index (χ0n) is 21.3. The van der Waals surface area contributed by atoms with Gasteiger partial charge in [-0.2, -0.15) is 0 Å². The van der Waals surface area contributed by atoms with E-state index in [9.17, 15) is 22.8 Å². The largest absolute Gasteiger partial charge is 0.573 e. The summed E-state index contributed by atoms with van der Waals surface area (Å²) in [6, 6.07) is 12.0. The number of halogens is 3. The van der Waals surface area contributed by atoms with Gasteiger partial charge in [-0.05, 0) is 56.0 Å². The van der Waals surface area contributed by atoms with Gasteiger partial charge in [-0.1, -0.05) is 18.2 Å². The second kappa shape index (κ2) is 11.6. The molecule has 2 aromatic rings. The highest BCUT2D eigenvalue weighted by Gasteiger charge is 2.48. The third-order valence-electron chi connectivity index (χ3n) is 7.01. The van der Waals surface area contributed by atoms with E-state index < -0.39 is 17.9 Å². The van der Waals surface area contributed by atoms with Crippen LogP contribution in [0.3, 0.4) is 0 Å². The molecule has 2 fully saturated rings. The third-order valence-corrected chi connectivity index (χ3v) is 7.01. The van der Waals surface area contributed by atoms with Gasteiger partial charge in [0.2, 0.25) is 5.91 Å². The minimum absolute atomic E-state index is 0.119. The normalized spacial score (nSPS) is 20.4. The molecule has 1 N–H and O–H groups in total. The summed E-state index contributed by atoms with van der Waals surface area (Å²) in [6.45, 7) is 3.80. The van der Waals surface area contributed by atoms with E-state index in [1.807, 2.05) is 6.92 Å². The molecular weight excluding hydrogens is 505 g/mol. The number of carbonyl (C=O) groups is 2. The fraction of sp³-hybridized carbons (Fsp3) is 0.481. The standard InChI is InChI=1S/C27H31F3N2O6/c1-18(19-6-8-20(9-7-19)24(33)35-2)31-25(34)26(11-14-36-15-12-26)32-13-10-23(17-32)37-21-4-3-5-22(16-21)38-27(28,29)30/h3-9,16,18,23H,10-15,17H2,1-2H3,(H,31,34)/t18-,23+/m0/s1. The van der Waals surface area contributed by atoms with Crippen molar-refractivity contribution in [3.63, 3.8) is 0 Å². The van der Waals surface area contributed by atoms with Crippen LogP contribution in [0, 0.1) is 0 Å². The molecule has 2 saturated heterocycles. The van der Waals surface area contributed by atoms with E-state index in [1.54, 1.807) is 30.3 Å². The van der Waals surface area contributed by atoms with Crippen molar-refractivity contribution in [3.05, 3.63) is 59.7 Å². The minimum atomic E-state index is -4.79. The molecule has 0 unspecified atom stereocenters. The Morgan fingerprint density at radius 3 is 2.45 bits per heavy atom. The summed E-state index contributed by atoms with van der Waals surface area (Å²) in [5, 5.41) is 3.12. The Morgan fingerprint density at radius 2 is 1.79 bits per heavy atom. The van der Waals surface area contributed by atoms with Gasteiger partial charge in [-0.25, -0.2) is 4.79 Å². The molecule has 2 aliphatic heterocycles. The number of esters is 1. The van der Waals surface area contributed by atoms with Crippen LogP contribution in [0.15, 0.2) is 48.5 Å². The van der Waals surface area contributed by atoms with Crippen LogP contribution in [0.25, 0.3) is 0 Å². The predicted octanol–water partition coefficient (Wildman–Crippen LogP) is 4.25. The van der Waals surface area contributed by atoms with Crippen molar-refractivity contribution >= 4 is 11.9 Å². The number of benzene rings is 2. The molecule has 8 nitrogen and oxygen atoms in total. The van der Waals surface area contributed by atoms with Crippen LogP contribution in [0.4, 0.5) is 13.2 Å². The number of amides is 1. The van der Waals surface area contributed by atoms with E-state index in [0.717, 1.165) is 5.56 Å². The van der Waals surface area contributed by atoms with Crippen molar-refractivity contribution in [2.75, 3.05) is 33.4 Å². The fourth-order valence-electron chi connectivity index (χ4n) is 4.99. The minimum Gasteiger partial charge on any atom is -0.489 e. The molecule has 0 radical (unpaired) electrons. The summed E-state index contributed by atoms with van der Waals surface area (Å²) in [5.41, 5.74) is 0.476. The number of ether oxygens (including phenoxy) is 4. The Kier molecular flexibility index (Phi) is 8.47. The number of carbonyl (C=O) groups excluding carboxylic acids is 2. The van der Waals surface area contributed by atoms with Crippen molar-refractivity contribution in [1.82, 2.24) is 10.2 Å². The number of hydrogen-bond acceptors (Lipinski definition) is 7. The van der Waals surface area contributed by atoms with Gasteiger partial charge in [0.1, 0.15) is 23.1 Å². The average Bonchev–Trinajstić information content (AvgIpc) is 3.36. The van der Waals surface area contributed by atoms with Gasteiger partial charge >= 0.3 is 12.3 Å². The van der Waals surface area contributed by atoms with Crippen molar-refractivity contribution in [2.24, 2.45) is 0 Å². The highest BCUT2D eigenvalue weighted by atomic mass is 19.4. The summed E-state index contributed by atoms with van der Waals surface area (Å²) < 4.78 is 58.0. The SMILES string of the molecule is COC(=O)c1ccc([C@H](C)NC(=O)C2(N3CC[C@@H](Oc4cccc(OC(F)(F)F)c4)C3)CCOCC2)cc1. The van der Waals surface area contributed by atoms with Crippen molar-refractivity contribution in [2.45, 2.75) is 50.2 Å². The Morgan fingerprint density at radius 1 is 1.11 bits per heavy atom. The van der Waals surface area contributed by atoms with Crippen molar-refractivity contribution < 1.29 is 41.7 Å². The Labute approximate surface area is 219 Å². The van der Waals surface area contributed by atoms with Gasteiger partial charge in [0.05, 0.1) is 18.7 Å². The summed E-state index contributed by atoms with van der Waals surface area (Å²) in [6.07, 6.45) is -3.45. The molecule has 1 amide bonds. The first-order valence-electron chi connectivity index (χ1n) is 12.4. The van der Waals surface area contributed by atoms with Crippen LogP contribution >= 0.6 is 0 Å². The van der Waals surface area contributed by atoms with Gasteiger partial charge in [-0.15, -0.1) is 13.2 Å². The van der Waals surface area contributed by atoms with Crippen molar-refractivity contribution in [3.8, 4) is 11.5 Å². The Balaban J connectivity index is 1.42. The van der Waals surface area contributed by atoms with E-state index >= 15 is 0 Å². The molecule has 0 aliphatic carbocycles. The van der Waals surface area contributed by atoms with E-state index in [2.05, 4.69) is 15.0 Å². The molecule has 2 aromatic carbocycles. The second-order valence-electron chi connectivity index (χ2n) is 9.45. The predicted molar refractivity (Wildman–Crippen MR) is 131 cm³/mol. The molecule has 206 valence electrons. The zero-order valence-corrected chi connectivity index (χ0v) is 21.3. The smallest absolute Gasteiger partial charge is 0.489 e. The summed E-state index contributed by atoms with van der Waals surface area (Å²) in [7, 11) is 1.32. The third kappa shape index (κ3) is 6.57. The topological polar surface area (TPSA) is 86.3 Å². The van der Waals surface area contributed by atoms with E-state index in [-0.39, 0.29) is 29.6 Å². The van der Waals surface area contributed by atoms with Crippen LogP contribution in [0.2, 0.25) is 0 Å². The lowest BCUT2D eigenvalue weighted by atomic mass is 9.86. The molecule has 0 saturated carbocycles. The Hall–Kier alpha value is -3.31.